The minimum atomic E-state index is -1.32. The van der Waals surface area contributed by atoms with Crippen molar-refractivity contribution in [3.05, 3.63) is 53.7 Å². The molecule has 2 heterocycles. The molecule has 0 radical (unpaired) electrons. The van der Waals surface area contributed by atoms with Crippen molar-refractivity contribution in [2.24, 2.45) is 5.92 Å². The van der Waals surface area contributed by atoms with Crippen LogP contribution < -0.4 is 10.6 Å². The van der Waals surface area contributed by atoms with Crippen LogP contribution in [0.15, 0.2) is 41.0 Å². The van der Waals surface area contributed by atoms with Crippen LogP contribution in [0.2, 0.25) is 0 Å². The monoisotopic (exact) mass is 498 g/mol. The molecular formula is C26H34N4O6. The maximum absolute atomic E-state index is 13.3. The number of hydrogen-bond acceptors (Lipinski definition) is 6. The fourth-order valence-corrected chi connectivity index (χ4v) is 4.24. The quantitative estimate of drug-likeness (QED) is 0.404. The van der Waals surface area contributed by atoms with E-state index in [0.29, 0.717) is 19.5 Å². The van der Waals surface area contributed by atoms with Gasteiger partial charge in [-0.1, -0.05) is 44.2 Å². The first-order valence-corrected chi connectivity index (χ1v) is 12.4. The second-order valence-electron chi connectivity index (χ2n) is 9.47. The maximum atomic E-state index is 13.3. The number of Topliss-reactive ketones (excluding diaryl/α,β-unsaturated/α-hetero) is 1. The van der Waals surface area contributed by atoms with Gasteiger partial charge in [0.15, 0.2) is 5.69 Å². The molecule has 2 atom stereocenters. The van der Waals surface area contributed by atoms with Gasteiger partial charge in [0, 0.05) is 13.1 Å². The summed E-state index contributed by atoms with van der Waals surface area (Å²) in [6.07, 6.45) is 3.77. The average Bonchev–Trinajstić information content (AvgIpc) is 3.36. The number of rotatable bonds is 11. The second-order valence-corrected chi connectivity index (χ2v) is 9.47. The number of piperidine rings is 1. The highest BCUT2D eigenvalue weighted by Gasteiger charge is 2.31. The topological polar surface area (TPSA) is 142 Å². The lowest BCUT2D eigenvalue weighted by molar-refractivity contribution is -0.124. The van der Waals surface area contributed by atoms with E-state index in [9.17, 15) is 19.2 Å². The van der Waals surface area contributed by atoms with Gasteiger partial charge in [-0.25, -0.2) is 9.78 Å². The van der Waals surface area contributed by atoms with Crippen molar-refractivity contribution in [2.75, 3.05) is 13.1 Å². The maximum Gasteiger partial charge on any atom is 0.405 e. The summed E-state index contributed by atoms with van der Waals surface area (Å²) in [6.45, 7) is 5.02. The van der Waals surface area contributed by atoms with Crippen LogP contribution in [0.3, 0.4) is 0 Å². The summed E-state index contributed by atoms with van der Waals surface area (Å²) in [7, 11) is 0. The number of carbonyl (C=O) groups excluding carboxylic acids is 3. The van der Waals surface area contributed by atoms with Gasteiger partial charge in [-0.2, -0.15) is 0 Å². The Balaban J connectivity index is 1.77. The Kier molecular flexibility index (Phi) is 9.61. The number of amides is 3. The number of oxazole rings is 1. The number of aryl methyl sites for hydroxylation is 1. The zero-order chi connectivity index (χ0) is 26.1. The van der Waals surface area contributed by atoms with Gasteiger partial charge in [-0.05, 0) is 50.0 Å². The minimum Gasteiger partial charge on any atom is -0.465 e. The van der Waals surface area contributed by atoms with Gasteiger partial charge in [0.1, 0.15) is 12.3 Å². The van der Waals surface area contributed by atoms with E-state index >= 15 is 0 Å². The van der Waals surface area contributed by atoms with Crippen molar-refractivity contribution >= 4 is 23.7 Å². The number of carboxylic acid groups (broad SMARTS) is 1. The number of ketones is 1. The molecule has 1 aromatic heterocycles. The molecule has 10 nitrogen and oxygen atoms in total. The molecule has 0 aliphatic carbocycles. The van der Waals surface area contributed by atoms with Gasteiger partial charge in [0.25, 0.3) is 11.8 Å². The first-order valence-electron chi connectivity index (χ1n) is 12.4. The van der Waals surface area contributed by atoms with Crippen LogP contribution in [0.5, 0.6) is 0 Å². The Hall–Kier alpha value is -3.69. The van der Waals surface area contributed by atoms with Crippen LogP contribution >= 0.6 is 0 Å². The molecule has 36 heavy (non-hydrogen) atoms. The molecule has 1 fully saturated rings. The third-order valence-electron chi connectivity index (χ3n) is 6.10. The Morgan fingerprint density at radius 2 is 1.72 bits per heavy atom. The number of hydrogen-bond donors (Lipinski definition) is 3. The van der Waals surface area contributed by atoms with Crippen LogP contribution in [0.1, 0.15) is 72.7 Å². The zero-order valence-corrected chi connectivity index (χ0v) is 20.7. The number of nitrogens with zero attached hydrogens (tertiary/aromatic N) is 2. The Morgan fingerprint density at radius 1 is 1.03 bits per heavy atom. The molecule has 3 N–H and O–H groups in total. The van der Waals surface area contributed by atoms with E-state index in [1.807, 2.05) is 44.2 Å². The number of nitrogens with one attached hydrogen (secondary N) is 2. The third kappa shape index (κ3) is 7.66. The van der Waals surface area contributed by atoms with Gasteiger partial charge in [-0.15, -0.1) is 0 Å². The van der Waals surface area contributed by atoms with Gasteiger partial charge in [0.2, 0.25) is 11.7 Å². The summed E-state index contributed by atoms with van der Waals surface area (Å²) in [5.41, 5.74) is 1.03. The summed E-state index contributed by atoms with van der Waals surface area (Å²) >= 11 is 0. The van der Waals surface area contributed by atoms with Crippen LogP contribution in [-0.2, 0) is 11.2 Å². The number of benzene rings is 1. The molecule has 3 rings (SSSR count). The standard InChI is InChI=1S/C26H34N4O6/c1-17(2)15-20(29-26(34)35)23(32)27-19(12-11-18-9-5-3-6-10-18)22(31)24-28-21(16-36-24)25(33)30-13-7-4-8-14-30/h3,5-6,9-10,16-17,19-20,29H,4,7-8,11-15H2,1-2H3,(H,27,32)(H,34,35). The smallest absolute Gasteiger partial charge is 0.405 e. The minimum absolute atomic E-state index is 0.0427. The Morgan fingerprint density at radius 3 is 2.36 bits per heavy atom. The van der Waals surface area contributed by atoms with Crippen LogP contribution in [-0.4, -0.2) is 63.9 Å². The Bertz CT molecular complexity index is 1050. The Labute approximate surface area is 210 Å². The average molecular weight is 499 g/mol. The molecule has 0 bridgehead atoms. The SMILES string of the molecule is CC(C)CC(NC(=O)O)C(=O)NC(CCc1ccccc1)C(=O)c1nc(C(=O)N2CCCCC2)co1. The predicted octanol–water partition coefficient (Wildman–Crippen LogP) is 3.28. The van der Waals surface area contributed by atoms with Gasteiger partial charge in [0.05, 0.1) is 6.04 Å². The van der Waals surface area contributed by atoms with Crippen LogP contribution in [0.25, 0.3) is 0 Å². The lowest BCUT2D eigenvalue weighted by Gasteiger charge is -2.25. The van der Waals surface area contributed by atoms with Gasteiger partial charge < -0.3 is 25.1 Å². The number of aromatic nitrogens is 1. The highest BCUT2D eigenvalue weighted by atomic mass is 16.4. The van der Waals surface area contributed by atoms with Gasteiger partial charge in [-0.3, -0.25) is 14.4 Å². The second kappa shape index (κ2) is 12.9. The molecule has 1 aliphatic heterocycles. The molecule has 2 aromatic rings. The summed E-state index contributed by atoms with van der Waals surface area (Å²) in [4.78, 5) is 56.1. The highest BCUT2D eigenvalue weighted by molar-refractivity contribution is 6.00. The van der Waals surface area contributed by atoms with E-state index in [1.54, 1.807) is 4.90 Å². The van der Waals surface area contributed by atoms with Crippen molar-refractivity contribution in [3.63, 3.8) is 0 Å². The van der Waals surface area contributed by atoms with Crippen LogP contribution in [0.4, 0.5) is 4.79 Å². The fourth-order valence-electron chi connectivity index (χ4n) is 4.24. The first-order chi connectivity index (χ1) is 17.2. The predicted molar refractivity (Wildman–Crippen MR) is 132 cm³/mol. The van der Waals surface area contributed by atoms with Crippen molar-refractivity contribution in [2.45, 2.75) is 64.5 Å². The normalized spacial score (nSPS) is 15.2. The molecule has 194 valence electrons. The fraction of sp³-hybridized carbons (Fsp3) is 0.500. The molecule has 1 aromatic carbocycles. The largest absolute Gasteiger partial charge is 0.465 e. The lowest BCUT2D eigenvalue weighted by Crippen LogP contribution is -2.52. The van der Waals surface area contributed by atoms with Crippen molar-refractivity contribution in [1.82, 2.24) is 20.5 Å². The molecule has 1 saturated heterocycles. The highest BCUT2D eigenvalue weighted by Crippen LogP contribution is 2.16. The lowest BCUT2D eigenvalue weighted by atomic mass is 9.99. The number of carbonyl (C=O) groups is 4. The van der Waals surface area contributed by atoms with Crippen molar-refractivity contribution in [3.8, 4) is 0 Å². The third-order valence-corrected chi connectivity index (χ3v) is 6.10. The zero-order valence-electron chi connectivity index (χ0n) is 20.7. The van der Waals surface area contributed by atoms with E-state index in [2.05, 4.69) is 15.6 Å². The first kappa shape index (κ1) is 26.9. The molecule has 0 saturated carbocycles. The molecular weight excluding hydrogens is 464 g/mol. The molecule has 1 aliphatic rings. The number of likely N-dealkylation sites (tertiary alicyclic amines) is 1. The van der Waals surface area contributed by atoms with E-state index < -0.39 is 29.9 Å². The van der Waals surface area contributed by atoms with E-state index in [4.69, 9.17) is 9.52 Å². The van der Waals surface area contributed by atoms with E-state index in [1.165, 1.54) is 6.26 Å². The summed E-state index contributed by atoms with van der Waals surface area (Å²) < 4.78 is 5.37. The summed E-state index contributed by atoms with van der Waals surface area (Å²) in [5.74, 6) is -1.68. The summed E-state index contributed by atoms with van der Waals surface area (Å²) in [5, 5.41) is 14.1. The summed E-state index contributed by atoms with van der Waals surface area (Å²) in [6, 6.07) is 7.44. The van der Waals surface area contributed by atoms with Gasteiger partial charge >= 0.3 is 6.09 Å². The van der Waals surface area contributed by atoms with E-state index in [0.717, 1.165) is 24.8 Å². The molecule has 3 amide bonds. The van der Waals surface area contributed by atoms with Crippen LogP contribution in [0, 0.1) is 5.92 Å². The molecule has 10 heteroatoms. The van der Waals surface area contributed by atoms with Crippen molar-refractivity contribution in [1.29, 1.82) is 0 Å². The molecule has 0 spiro atoms. The van der Waals surface area contributed by atoms with Crippen molar-refractivity contribution < 1.29 is 28.7 Å². The molecule has 2 unspecified atom stereocenters. The van der Waals surface area contributed by atoms with E-state index in [-0.39, 0.29) is 36.3 Å².